The van der Waals surface area contributed by atoms with Crippen molar-refractivity contribution in [3.63, 3.8) is 0 Å². The molecule has 1 aliphatic rings. The summed E-state index contributed by atoms with van der Waals surface area (Å²) in [7, 11) is 0. The molecule has 0 radical (unpaired) electrons. The van der Waals surface area contributed by atoms with Crippen LogP contribution in [0, 0.1) is 0 Å². The third kappa shape index (κ3) is 3.06. The molecule has 6 heteroatoms. The zero-order chi connectivity index (χ0) is 15.5. The van der Waals surface area contributed by atoms with Gasteiger partial charge in [-0.05, 0) is 52.5 Å². The van der Waals surface area contributed by atoms with Crippen LogP contribution in [0.15, 0.2) is 45.5 Å². The summed E-state index contributed by atoms with van der Waals surface area (Å²) in [5.74, 6) is -0.339. The Bertz CT molecular complexity index is 711. The fraction of sp³-hybridized carbons (Fsp3) is 0.250. The molecule has 0 fully saturated rings. The number of carbonyl (C=O) groups excluding carboxylic acids is 2. The Hall–Kier alpha value is -2.08. The number of anilines is 1. The van der Waals surface area contributed by atoms with Crippen LogP contribution < -0.4 is 10.2 Å². The number of halogens is 1. The zero-order valence-corrected chi connectivity index (χ0v) is 13.4. The first-order valence-corrected chi connectivity index (χ1v) is 7.86. The molecular formula is C16H15BrN2O3. The number of para-hydroxylation sites is 1. The maximum Gasteiger partial charge on any atom is 0.287 e. The van der Waals surface area contributed by atoms with Crippen LogP contribution >= 0.6 is 15.9 Å². The lowest BCUT2D eigenvalue weighted by Crippen LogP contribution is -2.42. The number of fused-ring (bicyclic) bond motifs is 1. The summed E-state index contributed by atoms with van der Waals surface area (Å²) >= 11 is 3.14. The van der Waals surface area contributed by atoms with Gasteiger partial charge in [0.25, 0.3) is 5.91 Å². The average Bonchev–Trinajstić information content (AvgIpc) is 2.98. The van der Waals surface area contributed by atoms with Crippen molar-refractivity contribution in [1.29, 1.82) is 0 Å². The van der Waals surface area contributed by atoms with Gasteiger partial charge in [0, 0.05) is 12.2 Å². The molecule has 0 saturated carbocycles. The van der Waals surface area contributed by atoms with Crippen molar-refractivity contribution in [2.45, 2.75) is 12.8 Å². The molecule has 0 unspecified atom stereocenters. The summed E-state index contributed by atoms with van der Waals surface area (Å²) in [6.07, 6.45) is 1.91. The monoisotopic (exact) mass is 362 g/mol. The number of hydrogen-bond acceptors (Lipinski definition) is 3. The minimum atomic E-state index is -0.399. The highest BCUT2D eigenvalue weighted by molar-refractivity contribution is 9.10. The SMILES string of the molecule is O=C(NCC(=O)N1CCCc2ccccc21)c1ccc(Br)o1. The number of rotatable bonds is 3. The molecule has 0 spiro atoms. The van der Waals surface area contributed by atoms with Crippen molar-refractivity contribution in [2.75, 3.05) is 18.0 Å². The highest BCUT2D eigenvalue weighted by atomic mass is 79.9. The highest BCUT2D eigenvalue weighted by Crippen LogP contribution is 2.26. The van der Waals surface area contributed by atoms with Crippen molar-refractivity contribution in [3.8, 4) is 0 Å². The van der Waals surface area contributed by atoms with Crippen LogP contribution in [-0.2, 0) is 11.2 Å². The summed E-state index contributed by atoms with van der Waals surface area (Å²) < 4.78 is 5.64. The molecule has 22 heavy (non-hydrogen) atoms. The lowest BCUT2D eigenvalue weighted by atomic mass is 10.0. The van der Waals surface area contributed by atoms with E-state index in [1.165, 1.54) is 5.56 Å². The van der Waals surface area contributed by atoms with Crippen molar-refractivity contribution in [3.05, 3.63) is 52.4 Å². The van der Waals surface area contributed by atoms with Crippen LogP contribution in [0.2, 0.25) is 0 Å². The summed E-state index contributed by atoms with van der Waals surface area (Å²) in [5, 5.41) is 2.60. The van der Waals surface area contributed by atoms with E-state index in [1.807, 2.05) is 24.3 Å². The van der Waals surface area contributed by atoms with E-state index in [4.69, 9.17) is 4.42 Å². The van der Waals surface area contributed by atoms with Crippen LogP contribution in [-0.4, -0.2) is 24.9 Å². The molecule has 2 heterocycles. The number of nitrogens with zero attached hydrogens (tertiary/aromatic N) is 1. The third-order valence-electron chi connectivity index (χ3n) is 3.61. The lowest BCUT2D eigenvalue weighted by Gasteiger charge is -2.29. The van der Waals surface area contributed by atoms with Crippen LogP contribution in [0.4, 0.5) is 5.69 Å². The van der Waals surface area contributed by atoms with E-state index in [1.54, 1.807) is 17.0 Å². The summed E-state index contributed by atoms with van der Waals surface area (Å²) in [6, 6.07) is 11.1. The van der Waals surface area contributed by atoms with Crippen molar-refractivity contribution in [2.24, 2.45) is 0 Å². The first kappa shape index (κ1) is 14.8. The Morgan fingerprint density at radius 1 is 1.23 bits per heavy atom. The molecule has 0 bridgehead atoms. The third-order valence-corrected chi connectivity index (χ3v) is 4.03. The van der Waals surface area contributed by atoms with Gasteiger partial charge in [-0.2, -0.15) is 0 Å². The number of nitrogens with one attached hydrogen (secondary N) is 1. The molecule has 2 amide bonds. The summed E-state index contributed by atoms with van der Waals surface area (Å²) in [5.41, 5.74) is 2.11. The Morgan fingerprint density at radius 2 is 2.05 bits per heavy atom. The number of aryl methyl sites for hydroxylation is 1. The van der Waals surface area contributed by atoms with Gasteiger partial charge in [-0.3, -0.25) is 9.59 Å². The second-order valence-corrected chi connectivity index (χ2v) is 5.85. The number of amides is 2. The van der Waals surface area contributed by atoms with Crippen molar-refractivity contribution >= 4 is 33.4 Å². The second-order valence-electron chi connectivity index (χ2n) is 5.06. The Balaban J connectivity index is 1.65. The van der Waals surface area contributed by atoms with E-state index < -0.39 is 5.91 Å². The van der Waals surface area contributed by atoms with Gasteiger partial charge in [-0.1, -0.05) is 18.2 Å². The maximum atomic E-state index is 12.4. The van der Waals surface area contributed by atoms with E-state index in [-0.39, 0.29) is 18.2 Å². The van der Waals surface area contributed by atoms with E-state index in [0.717, 1.165) is 18.5 Å². The summed E-state index contributed by atoms with van der Waals surface area (Å²) in [4.78, 5) is 26.0. The molecule has 5 nitrogen and oxygen atoms in total. The fourth-order valence-corrected chi connectivity index (χ4v) is 2.87. The zero-order valence-electron chi connectivity index (χ0n) is 11.8. The first-order chi connectivity index (χ1) is 10.6. The quantitative estimate of drug-likeness (QED) is 0.912. The summed E-state index contributed by atoms with van der Waals surface area (Å²) in [6.45, 7) is 0.628. The number of carbonyl (C=O) groups is 2. The van der Waals surface area contributed by atoms with Crippen LogP contribution in [0.3, 0.4) is 0 Å². The molecule has 1 aromatic carbocycles. The first-order valence-electron chi connectivity index (χ1n) is 7.07. The van der Waals surface area contributed by atoms with Gasteiger partial charge in [0.2, 0.25) is 5.91 Å². The largest absolute Gasteiger partial charge is 0.444 e. The molecule has 0 atom stereocenters. The van der Waals surface area contributed by atoms with Crippen LogP contribution in [0.5, 0.6) is 0 Å². The molecule has 1 N–H and O–H groups in total. The topological polar surface area (TPSA) is 62.6 Å². The van der Waals surface area contributed by atoms with E-state index in [2.05, 4.69) is 21.2 Å². The van der Waals surface area contributed by atoms with Gasteiger partial charge in [-0.15, -0.1) is 0 Å². The van der Waals surface area contributed by atoms with Gasteiger partial charge < -0.3 is 14.6 Å². The van der Waals surface area contributed by atoms with Crippen molar-refractivity contribution in [1.82, 2.24) is 5.32 Å². The van der Waals surface area contributed by atoms with Gasteiger partial charge in [0.05, 0.1) is 6.54 Å². The maximum absolute atomic E-state index is 12.4. The number of hydrogen-bond donors (Lipinski definition) is 1. The molecule has 114 valence electrons. The molecular weight excluding hydrogens is 348 g/mol. The predicted molar refractivity (Wildman–Crippen MR) is 85.9 cm³/mol. The smallest absolute Gasteiger partial charge is 0.287 e. The number of benzene rings is 1. The molecule has 2 aromatic rings. The van der Waals surface area contributed by atoms with Gasteiger partial charge in [-0.25, -0.2) is 0 Å². The molecule has 0 aliphatic carbocycles. The Labute approximate surface area is 136 Å². The second kappa shape index (κ2) is 6.36. The molecule has 3 rings (SSSR count). The highest BCUT2D eigenvalue weighted by Gasteiger charge is 2.22. The van der Waals surface area contributed by atoms with Gasteiger partial charge >= 0.3 is 0 Å². The standard InChI is InChI=1S/C16H15BrN2O3/c17-14-8-7-13(22-14)16(21)18-10-15(20)19-9-3-5-11-4-1-2-6-12(11)19/h1-2,4,6-8H,3,5,9-10H2,(H,18,21). The fourth-order valence-electron chi connectivity index (χ4n) is 2.57. The Morgan fingerprint density at radius 3 is 2.82 bits per heavy atom. The van der Waals surface area contributed by atoms with Gasteiger partial charge in [0.15, 0.2) is 10.4 Å². The Kier molecular flexibility index (Phi) is 4.29. The minimum Gasteiger partial charge on any atom is -0.444 e. The van der Waals surface area contributed by atoms with Crippen molar-refractivity contribution < 1.29 is 14.0 Å². The normalized spacial score (nSPS) is 13.6. The lowest BCUT2D eigenvalue weighted by molar-refractivity contribution is -0.117. The number of furan rings is 1. The van der Waals surface area contributed by atoms with Crippen LogP contribution in [0.25, 0.3) is 0 Å². The van der Waals surface area contributed by atoms with E-state index in [0.29, 0.717) is 11.2 Å². The average molecular weight is 363 g/mol. The van der Waals surface area contributed by atoms with Crippen LogP contribution in [0.1, 0.15) is 22.5 Å². The van der Waals surface area contributed by atoms with E-state index >= 15 is 0 Å². The molecule has 1 aromatic heterocycles. The van der Waals surface area contributed by atoms with Gasteiger partial charge in [0.1, 0.15) is 0 Å². The van der Waals surface area contributed by atoms with E-state index in [9.17, 15) is 9.59 Å². The molecule has 1 aliphatic heterocycles. The molecule has 0 saturated heterocycles. The minimum absolute atomic E-state index is 0.0501. The predicted octanol–water partition coefficient (Wildman–Crippen LogP) is 2.75.